The monoisotopic (exact) mass is 1270 g/mol. The maximum absolute atomic E-state index is 14.2. The Bertz CT molecular complexity index is 3940. The van der Waals surface area contributed by atoms with E-state index in [0.717, 1.165) is 86.5 Å². The van der Waals surface area contributed by atoms with Gasteiger partial charge in [-0.2, -0.15) is 0 Å². The molecule has 0 atom stereocenters. The van der Waals surface area contributed by atoms with E-state index in [2.05, 4.69) is 83.1 Å². The molecule has 8 N–H and O–H groups in total. The number of aromatic carboxylic acids is 2. The molecule has 0 aliphatic heterocycles. The molecule has 0 heterocycles. The minimum Gasteiger partial charge on any atom is -0.493 e. The van der Waals surface area contributed by atoms with Crippen LogP contribution < -0.4 is 30.4 Å². The Morgan fingerprint density at radius 2 is 0.543 bits per heavy atom. The van der Waals surface area contributed by atoms with Gasteiger partial charge >= 0.3 is 11.9 Å². The number of aliphatic imine (C=N–C) groups is 2. The maximum Gasteiger partial charge on any atom is 0.336 e. The first-order valence-corrected chi connectivity index (χ1v) is 33.4. The van der Waals surface area contributed by atoms with E-state index >= 15 is 0 Å². The van der Waals surface area contributed by atoms with Gasteiger partial charge in [-0.05, 0) is 155 Å². The minimum atomic E-state index is -1.42. The average molecular weight is 1270 g/mol. The normalized spacial score (nSPS) is 12.8. The Morgan fingerprint density at radius 1 is 0.319 bits per heavy atom. The van der Waals surface area contributed by atoms with E-state index in [1.807, 2.05) is 97.1 Å². The second-order valence-electron chi connectivity index (χ2n) is 29.0. The van der Waals surface area contributed by atoms with Crippen molar-refractivity contribution in [1.29, 1.82) is 0 Å². The van der Waals surface area contributed by atoms with Crippen LogP contribution in [-0.2, 0) is 21.7 Å². The Balaban J connectivity index is 1.51. The molecule has 0 saturated carbocycles. The Labute approximate surface area is 554 Å². The third-order valence-corrected chi connectivity index (χ3v) is 17.6. The van der Waals surface area contributed by atoms with Crippen molar-refractivity contribution in [2.24, 2.45) is 21.5 Å². The van der Waals surface area contributed by atoms with Crippen LogP contribution in [0.2, 0.25) is 0 Å². The number of ether oxygens (including phenoxy) is 4. The summed E-state index contributed by atoms with van der Waals surface area (Å²) in [6.07, 6.45) is 11.1. The highest BCUT2D eigenvalue weighted by atomic mass is 16.5. The topological polar surface area (TPSA) is 229 Å². The number of carboxylic acids is 2. The minimum absolute atomic E-state index is 0.0321. The van der Waals surface area contributed by atoms with E-state index in [1.165, 1.54) is 12.1 Å². The number of aliphatic hydroxyl groups excluding tert-OH is 2. The first-order valence-electron chi connectivity index (χ1n) is 33.4. The van der Waals surface area contributed by atoms with Crippen molar-refractivity contribution in [3.63, 3.8) is 0 Å². The zero-order chi connectivity index (χ0) is 67.9. The molecule has 0 aliphatic rings. The van der Waals surface area contributed by atoms with Crippen LogP contribution in [0.25, 0.3) is 43.1 Å². The second-order valence-corrected chi connectivity index (χ2v) is 29.0. The van der Waals surface area contributed by atoms with Gasteiger partial charge in [-0.3, -0.25) is 9.98 Å². The van der Waals surface area contributed by atoms with Crippen molar-refractivity contribution in [2.45, 2.75) is 182 Å². The molecule has 0 fully saturated rings. The summed E-state index contributed by atoms with van der Waals surface area (Å²) in [6, 6.07) is 36.7. The number of aliphatic hydroxyl groups is 2. The fourth-order valence-electron chi connectivity index (χ4n) is 12.2. The molecule has 9 aromatic rings. The number of benzene rings is 9. The lowest BCUT2D eigenvalue weighted by Crippen LogP contribution is -2.12. The summed E-state index contributed by atoms with van der Waals surface area (Å²) < 4.78 is 28.7. The van der Waals surface area contributed by atoms with Crippen molar-refractivity contribution in [1.82, 2.24) is 0 Å². The van der Waals surface area contributed by atoms with Crippen LogP contribution in [0.5, 0.6) is 46.0 Å². The van der Waals surface area contributed by atoms with Gasteiger partial charge in [-0.1, -0.05) is 183 Å². The number of hydrogen-bond acceptors (Lipinski definition) is 10. The summed E-state index contributed by atoms with van der Waals surface area (Å²) in [4.78, 5) is 38.2. The Kier molecular flexibility index (Phi) is 21.7. The van der Waals surface area contributed by atoms with Gasteiger partial charge in [0.25, 0.3) is 0 Å². The number of carbonyl (C=O) groups is 2. The lowest BCUT2D eigenvalue weighted by atomic mass is 9.82. The van der Waals surface area contributed by atoms with Crippen molar-refractivity contribution in [3.05, 3.63) is 166 Å². The molecule has 0 unspecified atom stereocenters. The molecule has 14 heteroatoms. The molecule has 9 aromatic carbocycles. The van der Waals surface area contributed by atoms with E-state index in [4.69, 9.17) is 40.4 Å². The third-order valence-electron chi connectivity index (χ3n) is 17.6. The van der Waals surface area contributed by atoms with Crippen LogP contribution in [0, 0.1) is 0 Å². The predicted octanol–water partition coefficient (Wildman–Crippen LogP) is 20.7. The summed E-state index contributed by atoms with van der Waals surface area (Å²) in [5.74, 6) is -1.60. The summed E-state index contributed by atoms with van der Waals surface area (Å²) in [7, 11) is 0. The quantitative estimate of drug-likeness (QED) is 0.00885. The van der Waals surface area contributed by atoms with Gasteiger partial charge in [0, 0.05) is 67.3 Å². The molecular weight excluding hydrogens is 1180 g/mol. The molecule has 94 heavy (non-hydrogen) atoms. The number of rotatable bonds is 28. The van der Waals surface area contributed by atoms with Crippen molar-refractivity contribution in [3.8, 4) is 46.0 Å². The fraction of sp³-hybridized carbons (Fsp3) is 0.400. The Morgan fingerprint density at radius 3 is 0.777 bits per heavy atom. The van der Waals surface area contributed by atoms with Crippen LogP contribution in [0.3, 0.4) is 0 Å². The number of nitrogens with two attached hydrogens (primary N) is 2. The average Bonchev–Trinajstić information content (AvgIpc) is 0.681. The number of carboxylic acid groups (broad SMARTS) is 2. The highest BCUT2D eigenvalue weighted by Crippen LogP contribution is 2.57. The van der Waals surface area contributed by atoms with Crippen LogP contribution >= 0.6 is 0 Å². The molecule has 0 spiro atoms. The van der Waals surface area contributed by atoms with Gasteiger partial charge in [0.05, 0.1) is 11.1 Å². The van der Waals surface area contributed by atoms with Crippen molar-refractivity contribution < 1.29 is 49.0 Å². The molecule has 0 radical (unpaired) electrons. The molecule has 0 amide bonds. The van der Waals surface area contributed by atoms with E-state index in [0.29, 0.717) is 70.5 Å². The molecule has 496 valence electrons. The molecule has 0 saturated heterocycles. The van der Waals surface area contributed by atoms with Crippen molar-refractivity contribution in [2.75, 3.05) is 26.2 Å². The van der Waals surface area contributed by atoms with E-state index in [9.17, 15) is 30.0 Å². The Hall–Kier alpha value is -8.72. The van der Waals surface area contributed by atoms with Crippen LogP contribution in [-0.4, -0.2) is 70.3 Å². The summed E-state index contributed by atoms with van der Waals surface area (Å²) >= 11 is 0. The van der Waals surface area contributed by atoms with Gasteiger partial charge in [0.2, 0.25) is 11.8 Å². The van der Waals surface area contributed by atoms with Gasteiger partial charge in [-0.15, -0.1) is 0 Å². The van der Waals surface area contributed by atoms with Gasteiger partial charge in [-0.25, -0.2) is 9.59 Å². The van der Waals surface area contributed by atoms with Gasteiger partial charge in [0.15, 0.2) is 0 Å². The highest BCUT2D eigenvalue weighted by Gasteiger charge is 2.35. The SMILES string of the molecule is CC(C)(C)c1ccc(Oc2cc(C(=O)O)c3c(C(=O)O)cc(Oc4ccc(C(C)(C)C)cc4)c4c5c(Oc6ccc(C(C)(C)C)cc6)cc(C(O)=NCCCCCCCCN)c6c(C(O)=NCCCCCCCCN)cc(Oc7ccc(C(C)(C)C)cc7)c(c2c34)c65)cc1. The zero-order valence-corrected chi connectivity index (χ0v) is 57.1. The van der Waals surface area contributed by atoms with Crippen molar-refractivity contribution >= 4 is 66.8 Å². The first kappa shape index (κ1) is 69.6. The summed E-state index contributed by atoms with van der Waals surface area (Å²) in [6.45, 7) is 27.2. The molecule has 0 aromatic heterocycles. The summed E-state index contributed by atoms with van der Waals surface area (Å²) in [5.41, 5.74) is 14.5. The molecular formula is C80H96N4O10. The molecule has 9 rings (SSSR count). The number of unbranched alkanes of at least 4 members (excludes halogenated alkanes) is 10. The number of fused-ring (bicyclic) bond motifs is 2. The van der Waals surface area contributed by atoms with Crippen LogP contribution in [0.1, 0.15) is 214 Å². The van der Waals surface area contributed by atoms with E-state index in [1.54, 1.807) is 12.1 Å². The van der Waals surface area contributed by atoms with Gasteiger partial charge < -0.3 is 50.8 Å². The lowest BCUT2D eigenvalue weighted by molar-refractivity contribution is 0.0695. The fourth-order valence-corrected chi connectivity index (χ4v) is 12.2. The second kappa shape index (κ2) is 29.3. The van der Waals surface area contributed by atoms with Crippen LogP contribution in [0.15, 0.2) is 131 Å². The van der Waals surface area contributed by atoms with Crippen LogP contribution in [0.4, 0.5) is 0 Å². The first-order chi connectivity index (χ1) is 44.6. The number of nitrogens with zero attached hydrogens (tertiary/aromatic N) is 2. The predicted molar refractivity (Wildman–Crippen MR) is 384 cm³/mol. The third kappa shape index (κ3) is 16.1. The lowest BCUT2D eigenvalue weighted by Gasteiger charge is -2.26. The standard InChI is InChI=1S/C80H96N4O10/c1-77(2,3)49-25-33-53(34-26-49)91-61-45-57(73(85)83-43-23-19-15-13-17-21-41-81)65-58(74(86)84-44-24-20-16-14-18-22-42-82)46-62(92-54-35-27-50(28-36-54)78(4,5)6)68-70-64(94-56-39-31-52(32-40-56)80(10,11)12)48-60(76(89)90)66-59(75(87)88)47-63(69(72(66)70)67(61)71(65)68)93-55-37-29-51(30-38-55)79(7,8)9/h25-40,45-48H,13-24,41-44,81-82H2,1-12H3,(H,83,85)(H,84,86)(H,87,88)(H,89,90). The number of hydrogen-bond donors (Lipinski definition) is 6. The van der Waals surface area contributed by atoms with Gasteiger partial charge in [0.1, 0.15) is 46.0 Å². The highest BCUT2D eigenvalue weighted by molar-refractivity contribution is 6.42. The molecule has 0 aliphatic carbocycles. The summed E-state index contributed by atoms with van der Waals surface area (Å²) in [5, 5.41) is 50.8. The largest absolute Gasteiger partial charge is 0.493 e. The zero-order valence-electron chi connectivity index (χ0n) is 57.1. The molecule has 14 nitrogen and oxygen atoms in total. The molecule has 0 bridgehead atoms. The maximum atomic E-state index is 14.2. The van der Waals surface area contributed by atoms with E-state index in [-0.39, 0.29) is 113 Å². The smallest absolute Gasteiger partial charge is 0.336 e. The van der Waals surface area contributed by atoms with E-state index < -0.39 is 11.9 Å².